The Morgan fingerprint density at radius 2 is 2.00 bits per heavy atom. The Morgan fingerprint density at radius 1 is 1.29 bits per heavy atom. The maximum Gasteiger partial charge on any atom is 0.257 e. The predicted molar refractivity (Wildman–Crippen MR) is 86.9 cm³/mol. The van der Waals surface area contributed by atoms with Crippen molar-refractivity contribution in [3.63, 3.8) is 0 Å². The summed E-state index contributed by atoms with van der Waals surface area (Å²) in [6.07, 6.45) is 4.89. The van der Waals surface area contributed by atoms with Crippen molar-refractivity contribution in [1.29, 1.82) is 0 Å². The van der Waals surface area contributed by atoms with Crippen LogP contribution >= 0.6 is 0 Å². The zero-order valence-electron chi connectivity index (χ0n) is 13.1. The van der Waals surface area contributed by atoms with E-state index >= 15 is 0 Å². The number of aliphatic hydroxyl groups excluding tert-OH is 1. The summed E-state index contributed by atoms with van der Waals surface area (Å²) in [7, 11) is 0. The van der Waals surface area contributed by atoms with Crippen molar-refractivity contribution >= 4 is 5.91 Å². The van der Waals surface area contributed by atoms with Crippen LogP contribution in [0.3, 0.4) is 0 Å². The third kappa shape index (κ3) is 2.93. The first-order valence-corrected chi connectivity index (χ1v) is 7.50. The fourth-order valence-corrected chi connectivity index (χ4v) is 2.37. The third-order valence-corrected chi connectivity index (χ3v) is 3.57. The minimum Gasteiger partial charge on any atom is -0.394 e. The summed E-state index contributed by atoms with van der Waals surface area (Å²) >= 11 is 0. The molecule has 3 aromatic rings. The van der Waals surface area contributed by atoms with Crippen LogP contribution in [-0.4, -0.2) is 38.0 Å². The SMILES string of the molecule is C[C@@H](CO)NC(=O)c1cnn(-c2ccccc2F)c1-n1cccc1. The Bertz CT molecular complexity index is 842. The van der Waals surface area contributed by atoms with E-state index in [-0.39, 0.29) is 23.8 Å². The number of rotatable bonds is 5. The molecule has 0 spiro atoms. The maximum atomic E-state index is 14.2. The average Bonchev–Trinajstić information content (AvgIpc) is 3.24. The van der Waals surface area contributed by atoms with E-state index in [9.17, 15) is 9.18 Å². The van der Waals surface area contributed by atoms with Crippen LogP contribution in [0.15, 0.2) is 55.0 Å². The Morgan fingerprint density at radius 3 is 2.67 bits per heavy atom. The molecule has 1 amide bonds. The standard InChI is InChI=1S/C17H17FN4O2/c1-12(11-23)20-16(24)13-10-19-22(15-7-3-2-6-14(15)18)17(13)21-8-4-5-9-21/h2-10,12,23H,11H2,1H3,(H,20,24)/t12-/m0/s1. The Kier molecular flexibility index (Phi) is 4.43. The lowest BCUT2D eigenvalue weighted by atomic mass is 10.2. The quantitative estimate of drug-likeness (QED) is 0.751. The molecule has 124 valence electrons. The highest BCUT2D eigenvalue weighted by molar-refractivity contribution is 5.97. The van der Waals surface area contributed by atoms with Crippen LogP contribution in [-0.2, 0) is 0 Å². The first-order chi connectivity index (χ1) is 11.6. The molecule has 0 radical (unpaired) electrons. The van der Waals surface area contributed by atoms with E-state index in [1.165, 1.54) is 16.9 Å². The molecule has 0 saturated carbocycles. The number of amides is 1. The number of hydrogen-bond acceptors (Lipinski definition) is 3. The van der Waals surface area contributed by atoms with Crippen molar-refractivity contribution < 1.29 is 14.3 Å². The highest BCUT2D eigenvalue weighted by Crippen LogP contribution is 2.21. The number of nitrogens with zero attached hydrogens (tertiary/aromatic N) is 3. The van der Waals surface area contributed by atoms with Crippen LogP contribution in [0, 0.1) is 5.82 Å². The van der Waals surface area contributed by atoms with Gasteiger partial charge in [-0.05, 0) is 31.2 Å². The van der Waals surface area contributed by atoms with Gasteiger partial charge >= 0.3 is 0 Å². The van der Waals surface area contributed by atoms with Crippen molar-refractivity contribution in [2.24, 2.45) is 0 Å². The molecule has 2 heterocycles. The van der Waals surface area contributed by atoms with Crippen LogP contribution in [0.5, 0.6) is 0 Å². The molecule has 0 aliphatic carbocycles. The van der Waals surface area contributed by atoms with E-state index in [0.717, 1.165) is 0 Å². The molecule has 1 aromatic carbocycles. The van der Waals surface area contributed by atoms with Gasteiger partial charge in [-0.2, -0.15) is 5.10 Å². The second kappa shape index (κ2) is 6.67. The first-order valence-electron chi connectivity index (χ1n) is 7.50. The highest BCUT2D eigenvalue weighted by Gasteiger charge is 2.22. The van der Waals surface area contributed by atoms with Crippen LogP contribution in [0.4, 0.5) is 4.39 Å². The van der Waals surface area contributed by atoms with Gasteiger partial charge in [0.1, 0.15) is 17.1 Å². The zero-order valence-corrected chi connectivity index (χ0v) is 13.1. The Balaban J connectivity index is 2.12. The average molecular weight is 328 g/mol. The molecule has 0 saturated heterocycles. The van der Waals surface area contributed by atoms with Gasteiger partial charge in [-0.3, -0.25) is 4.79 Å². The molecule has 2 N–H and O–H groups in total. The van der Waals surface area contributed by atoms with Crippen LogP contribution < -0.4 is 5.32 Å². The smallest absolute Gasteiger partial charge is 0.257 e. The minimum absolute atomic E-state index is 0.175. The number of hydrogen-bond donors (Lipinski definition) is 2. The molecule has 0 aliphatic heterocycles. The monoisotopic (exact) mass is 328 g/mol. The van der Waals surface area contributed by atoms with Crippen molar-refractivity contribution in [1.82, 2.24) is 19.7 Å². The molecule has 24 heavy (non-hydrogen) atoms. The molecule has 0 aliphatic rings. The summed E-state index contributed by atoms with van der Waals surface area (Å²) in [5, 5.41) is 16.0. The van der Waals surface area contributed by atoms with Gasteiger partial charge in [0.15, 0.2) is 5.82 Å². The molecule has 7 heteroatoms. The normalized spacial score (nSPS) is 12.1. The number of halogens is 1. The summed E-state index contributed by atoms with van der Waals surface area (Å²) in [5.41, 5.74) is 0.533. The zero-order chi connectivity index (χ0) is 17.1. The fraction of sp³-hybridized carbons (Fsp3) is 0.176. The van der Waals surface area contributed by atoms with Crippen LogP contribution in [0.2, 0.25) is 0 Å². The van der Waals surface area contributed by atoms with Gasteiger partial charge in [0.05, 0.1) is 12.8 Å². The van der Waals surface area contributed by atoms with Gasteiger partial charge in [0, 0.05) is 18.4 Å². The molecule has 0 bridgehead atoms. The predicted octanol–water partition coefficient (Wildman–Crippen LogP) is 1.91. The topological polar surface area (TPSA) is 72.1 Å². The first kappa shape index (κ1) is 15.9. The van der Waals surface area contributed by atoms with E-state index in [0.29, 0.717) is 5.82 Å². The molecular formula is C17H17FN4O2. The number of nitrogens with one attached hydrogen (secondary N) is 1. The van der Waals surface area contributed by atoms with Gasteiger partial charge in [0.25, 0.3) is 5.91 Å². The van der Waals surface area contributed by atoms with Gasteiger partial charge in [-0.1, -0.05) is 12.1 Å². The number of carbonyl (C=O) groups is 1. The van der Waals surface area contributed by atoms with E-state index in [1.807, 2.05) is 0 Å². The van der Waals surface area contributed by atoms with E-state index < -0.39 is 11.9 Å². The lowest BCUT2D eigenvalue weighted by Gasteiger charge is -2.13. The highest BCUT2D eigenvalue weighted by atomic mass is 19.1. The number of carbonyl (C=O) groups excluding carboxylic acids is 1. The van der Waals surface area contributed by atoms with Gasteiger partial charge in [-0.25, -0.2) is 9.07 Å². The summed E-state index contributed by atoms with van der Waals surface area (Å²) in [5.74, 6) is -0.403. The molecule has 1 atom stereocenters. The third-order valence-electron chi connectivity index (χ3n) is 3.57. The van der Waals surface area contributed by atoms with Gasteiger partial charge in [-0.15, -0.1) is 0 Å². The lowest BCUT2D eigenvalue weighted by molar-refractivity contribution is 0.0922. The van der Waals surface area contributed by atoms with Crippen molar-refractivity contribution in [3.8, 4) is 11.5 Å². The molecule has 2 aromatic heterocycles. The second-order valence-electron chi connectivity index (χ2n) is 5.39. The molecular weight excluding hydrogens is 311 g/mol. The molecule has 0 unspecified atom stereocenters. The maximum absolute atomic E-state index is 14.2. The second-order valence-corrected chi connectivity index (χ2v) is 5.39. The summed E-state index contributed by atoms with van der Waals surface area (Å²) < 4.78 is 17.2. The van der Waals surface area contributed by atoms with Gasteiger partial charge in [0.2, 0.25) is 0 Å². The number of aromatic nitrogens is 3. The number of para-hydroxylation sites is 1. The minimum atomic E-state index is -0.440. The van der Waals surface area contributed by atoms with Crippen LogP contribution in [0.1, 0.15) is 17.3 Å². The Hall–Kier alpha value is -2.93. The fourth-order valence-electron chi connectivity index (χ4n) is 2.37. The molecule has 0 fully saturated rings. The Labute approximate surface area is 138 Å². The molecule has 6 nitrogen and oxygen atoms in total. The van der Waals surface area contributed by atoms with Crippen molar-refractivity contribution in [3.05, 3.63) is 66.4 Å². The number of benzene rings is 1. The van der Waals surface area contributed by atoms with E-state index in [2.05, 4.69) is 10.4 Å². The largest absolute Gasteiger partial charge is 0.394 e. The van der Waals surface area contributed by atoms with E-state index in [4.69, 9.17) is 5.11 Å². The summed E-state index contributed by atoms with van der Waals surface area (Å²) in [6, 6.07) is 9.43. The number of aliphatic hydroxyl groups is 1. The summed E-state index contributed by atoms with van der Waals surface area (Å²) in [4.78, 5) is 12.5. The van der Waals surface area contributed by atoms with Crippen LogP contribution in [0.25, 0.3) is 11.5 Å². The van der Waals surface area contributed by atoms with Crippen molar-refractivity contribution in [2.75, 3.05) is 6.61 Å². The summed E-state index contributed by atoms with van der Waals surface area (Å²) in [6.45, 7) is 1.51. The van der Waals surface area contributed by atoms with Crippen molar-refractivity contribution in [2.45, 2.75) is 13.0 Å². The lowest BCUT2D eigenvalue weighted by Crippen LogP contribution is -2.35. The van der Waals surface area contributed by atoms with E-state index in [1.54, 1.807) is 54.2 Å². The molecule has 3 rings (SSSR count). The van der Waals surface area contributed by atoms with Gasteiger partial charge < -0.3 is 15.0 Å².